The molecule has 0 saturated carbocycles. The number of carbonyl (C=O) groups excluding carboxylic acids is 2. The molecular weight excluding hydrogens is 272 g/mol. The van der Waals surface area contributed by atoms with E-state index in [1.165, 1.54) is 0 Å². The number of ether oxygens (including phenoxy) is 2. The van der Waals surface area contributed by atoms with Crippen LogP contribution in [-0.4, -0.2) is 37.4 Å². The van der Waals surface area contributed by atoms with Crippen molar-refractivity contribution in [3.63, 3.8) is 0 Å². The molecule has 1 aliphatic rings. The van der Waals surface area contributed by atoms with Crippen LogP contribution in [0.5, 0.6) is 0 Å². The monoisotopic (exact) mass is 292 g/mol. The Morgan fingerprint density at radius 2 is 1.95 bits per heavy atom. The number of morpholine rings is 1. The predicted molar refractivity (Wildman–Crippen MR) is 79.5 cm³/mol. The first kappa shape index (κ1) is 15.3. The Balaban J connectivity index is 1.99. The lowest BCUT2D eigenvalue weighted by Gasteiger charge is -2.27. The van der Waals surface area contributed by atoms with E-state index in [-0.39, 0.29) is 12.5 Å². The lowest BCUT2D eigenvalue weighted by molar-refractivity contribution is -0.125. The molecule has 1 fully saturated rings. The van der Waals surface area contributed by atoms with Crippen LogP contribution < -0.4 is 10.2 Å². The fourth-order valence-corrected chi connectivity index (χ4v) is 1.94. The third kappa shape index (κ3) is 4.46. The largest absolute Gasteiger partial charge is 0.444 e. The highest BCUT2D eigenvalue weighted by Crippen LogP contribution is 2.20. The third-order valence-electron chi connectivity index (χ3n) is 2.81. The minimum Gasteiger partial charge on any atom is -0.444 e. The van der Waals surface area contributed by atoms with Gasteiger partial charge in [-0.2, -0.15) is 0 Å². The van der Waals surface area contributed by atoms with Gasteiger partial charge in [-0.05, 0) is 45.0 Å². The number of hydrogen-bond acceptors (Lipinski definition) is 4. The summed E-state index contributed by atoms with van der Waals surface area (Å²) in [7, 11) is 0. The van der Waals surface area contributed by atoms with Crippen molar-refractivity contribution in [2.24, 2.45) is 0 Å². The first-order chi connectivity index (χ1) is 9.85. The summed E-state index contributed by atoms with van der Waals surface area (Å²) >= 11 is 0. The molecule has 1 saturated heterocycles. The summed E-state index contributed by atoms with van der Waals surface area (Å²) in [4.78, 5) is 25.0. The molecule has 0 aromatic heterocycles. The highest BCUT2D eigenvalue weighted by atomic mass is 16.6. The second kappa shape index (κ2) is 6.13. The molecule has 6 nitrogen and oxygen atoms in total. The maximum atomic E-state index is 11.7. The van der Waals surface area contributed by atoms with Gasteiger partial charge in [-0.3, -0.25) is 10.1 Å². The highest BCUT2D eigenvalue weighted by molar-refractivity contribution is 5.95. The Morgan fingerprint density at radius 1 is 1.29 bits per heavy atom. The summed E-state index contributed by atoms with van der Waals surface area (Å²) in [6, 6.07) is 7.05. The van der Waals surface area contributed by atoms with Crippen LogP contribution in [-0.2, 0) is 14.3 Å². The minimum atomic E-state index is -0.537. The topological polar surface area (TPSA) is 67.9 Å². The summed E-state index contributed by atoms with van der Waals surface area (Å²) in [6.45, 7) is 6.60. The van der Waals surface area contributed by atoms with Gasteiger partial charge in [0, 0.05) is 17.9 Å². The Morgan fingerprint density at radius 3 is 2.52 bits per heavy atom. The fraction of sp³-hybridized carbons (Fsp3) is 0.467. The molecule has 1 aromatic rings. The molecule has 0 atom stereocenters. The van der Waals surface area contributed by atoms with Crippen LogP contribution in [0.1, 0.15) is 20.8 Å². The van der Waals surface area contributed by atoms with Crippen LogP contribution in [0.4, 0.5) is 16.2 Å². The molecule has 114 valence electrons. The van der Waals surface area contributed by atoms with E-state index in [1.54, 1.807) is 49.9 Å². The lowest BCUT2D eigenvalue weighted by Crippen LogP contribution is -2.41. The van der Waals surface area contributed by atoms with E-state index < -0.39 is 11.7 Å². The van der Waals surface area contributed by atoms with Gasteiger partial charge < -0.3 is 14.4 Å². The quantitative estimate of drug-likeness (QED) is 0.909. The fourth-order valence-electron chi connectivity index (χ4n) is 1.94. The van der Waals surface area contributed by atoms with E-state index in [4.69, 9.17) is 9.47 Å². The second-order valence-electron chi connectivity index (χ2n) is 5.77. The van der Waals surface area contributed by atoms with Crippen molar-refractivity contribution in [2.45, 2.75) is 26.4 Å². The Labute approximate surface area is 124 Å². The van der Waals surface area contributed by atoms with Gasteiger partial charge in [-0.25, -0.2) is 4.79 Å². The molecule has 2 amide bonds. The van der Waals surface area contributed by atoms with Crippen LogP contribution in [0.25, 0.3) is 0 Å². The number of rotatable bonds is 2. The molecular formula is C15H20N2O4. The van der Waals surface area contributed by atoms with Gasteiger partial charge in [0.05, 0.1) is 6.61 Å². The number of benzene rings is 1. The zero-order valence-electron chi connectivity index (χ0n) is 12.5. The predicted octanol–water partition coefficient (Wildman–Crippen LogP) is 2.40. The van der Waals surface area contributed by atoms with Gasteiger partial charge in [0.25, 0.3) is 5.91 Å². The van der Waals surface area contributed by atoms with Crippen molar-refractivity contribution < 1.29 is 19.1 Å². The van der Waals surface area contributed by atoms with Crippen LogP contribution in [0, 0.1) is 0 Å². The second-order valence-corrected chi connectivity index (χ2v) is 5.77. The van der Waals surface area contributed by atoms with Crippen LogP contribution in [0.2, 0.25) is 0 Å². The SMILES string of the molecule is CC(C)(C)OC(=O)Nc1ccc(N2CCOCC2=O)cc1. The summed E-state index contributed by atoms with van der Waals surface area (Å²) in [6.07, 6.45) is -0.502. The molecule has 1 aromatic carbocycles. The van der Waals surface area contributed by atoms with E-state index in [2.05, 4.69) is 5.32 Å². The number of carbonyl (C=O) groups is 2. The molecule has 2 rings (SSSR count). The molecule has 0 aliphatic carbocycles. The Kier molecular flexibility index (Phi) is 4.47. The number of anilines is 2. The van der Waals surface area contributed by atoms with E-state index >= 15 is 0 Å². The van der Waals surface area contributed by atoms with Crippen LogP contribution in [0.3, 0.4) is 0 Å². The van der Waals surface area contributed by atoms with Crippen molar-refractivity contribution in [1.82, 2.24) is 0 Å². The van der Waals surface area contributed by atoms with Crippen molar-refractivity contribution in [3.05, 3.63) is 24.3 Å². The van der Waals surface area contributed by atoms with E-state index in [9.17, 15) is 9.59 Å². The minimum absolute atomic E-state index is 0.0610. The van der Waals surface area contributed by atoms with Crippen molar-refractivity contribution >= 4 is 23.4 Å². The number of nitrogens with one attached hydrogen (secondary N) is 1. The van der Waals surface area contributed by atoms with E-state index in [0.717, 1.165) is 5.69 Å². The van der Waals surface area contributed by atoms with Gasteiger partial charge in [0.15, 0.2) is 0 Å². The van der Waals surface area contributed by atoms with E-state index in [0.29, 0.717) is 18.8 Å². The van der Waals surface area contributed by atoms with Crippen molar-refractivity contribution in [2.75, 3.05) is 30.0 Å². The summed E-state index contributed by atoms with van der Waals surface area (Å²) in [5, 5.41) is 2.65. The van der Waals surface area contributed by atoms with Gasteiger partial charge in [-0.15, -0.1) is 0 Å². The molecule has 6 heteroatoms. The smallest absolute Gasteiger partial charge is 0.412 e. The summed E-state index contributed by atoms with van der Waals surface area (Å²) < 4.78 is 10.3. The maximum absolute atomic E-state index is 11.7. The lowest BCUT2D eigenvalue weighted by atomic mass is 10.2. The number of hydrogen-bond donors (Lipinski definition) is 1. The van der Waals surface area contributed by atoms with E-state index in [1.807, 2.05) is 0 Å². The molecule has 21 heavy (non-hydrogen) atoms. The molecule has 1 N–H and O–H groups in total. The average molecular weight is 292 g/mol. The molecule has 0 radical (unpaired) electrons. The number of amides is 2. The van der Waals surface area contributed by atoms with Crippen LogP contribution in [0.15, 0.2) is 24.3 Å². The third-order valence-corrected chi connectivity index (χ3v) is 2.81. The molecule has 1 aliphatic heterocycles. The number of nitrogens with zero attached hydrogens (tertiary/aromatic N) is 1. The van der Waals surface area contributed by atoms with Gasteiger partial charge in [0.1, 0.15) is 12.2 Å². The van der Waals surface area contributed by atoms with Gasteiger partial charge >= 0.3 is 6.09 Å². The van der Waals surface area contributed by atoms with Crippen LogP contribution >= 0.6 is 0 Å². The average Bonchev–Trinajstić information content (AvgIpc) is 2.38. The zero-order valence-corrected chi connectivity index (χ0v) is 12.5. The maximum Gasteiger partial charge on any atom is 0.412 e. The first-order valence-electron chi connectivity index (χ1n) is 6.83. The molecule has 0 spiro atoms. The molecule has 0 bridgehead atoms. The summed E-state index contributed by atoms with van der Waals surface area (Å²) in [5.41, 5.74) is 0.872. The Hall–Kier alpha value is -2.08. The first-order valence-corrected chi connectivity index (χ1v) is 6.83. The highest BCUT2D eigenvalue weighted by Gasteiger charge is 2.20. The normalized spacial score (nSPS) is 15.8. The van der Waals surface area contributed by atoms with Gasteiger partial charge in [0.2, 0.25) is 0 Å². The zero-order chi connectivity index (χ0) is 15.5. The van der Waals surface area contributed by atoms with Crippen molar-refractivity contribution in [3.8, 4) is 0 Å². The van der Waals surface area contributed by atoms with Crippen molar-refractivity contribution in [1.29, 1.82) is 0 Å². The molecule has 1 heterocycles. The molecule has 0 unspecified atom stereocenters. The Bertz CT molecular complexity index is 519. The summed E-state index contributed by atoms with van der Waals surface area (Å²) in [5.74, 6) is -0.0610. The van der Waals surface area contributed by atoms with Gasteiger partial charge in [-0.1, -0.05) is 0 Å². The standard InChI is InChI=1S/C15H20N2O4/c1-15(2,3)21-14(19)16-11-4-6-12(7-5-11)17-8-9-20-10-13(17)18/h4-7H,8-10H2,1-3H3,(H,16,19).